The van der Waals surface area contributed by atoms with Gasteiger partial charge in [0.15, 0.2) is 0 Å². The van der Waals surface area contributed by atoms with Crippen LogP contribution in [-0.4, -0.2) is 10.9 Å². The minimum Gasteiger partial charge on any atom is -0.325 e. The molecule has 3 rings (SSSR count). The lowest BCUT2D eigenvalue weighted by Crippen LogP contribution is -2.19. The van der Waals surface area contributed by atoms with Crippen molar-refractivity contribution in [2.45, 2.75) is 17.2 Å². The fourth-order valence-electron chi connectivity index (χ4n) is 2.28. The second kappa shape index (κ2) is 7.79. The van der Waals surface area contributed by atoms with Crippen molar-refractivity contribution < 1.29 is 4.79 Å². The summed E-state index contributed by atoms with van der Waals surface area (Å²) in [5.41, 5.74) is 2.92. The zero-order chi connectivity index (χ0) is 16.8. The van der Waals surface area contributed by atoms with Crippen LogP contribution in [0.5, 0.6) is 0 Å². The summed E-state index contributed by atoms with van der Waals surface area (Å²) >= 11 is 1.45. The Bertz CT molecular complexity index is 789. The Labute approximate surface area is 146 Å². The van der Waals surface area contributed by atoms with Crippen molar-refractivity contribution in [3.05, 3.63) is 90.1 Å². The van der Waals surface area contributed by atoms with E-state index >= 15 is 0 Å². The Hall–Kier alpha value is -2.59. The molecule has 0 aliphatic heterocycles. The molecule has 1 heterocycles. The van der Waals surface area contributed by atoms with Gasteiger partial charge in [-0.1, -0.05) is 65.9 Å². The number of anilines is 1. The summed E-state index contributed by atoms with van der Waals surface area (Å²) < 4.78 is 0. The Morgan fingerprint density at radius 2 is 1.67 bits per heavy atom. The summed E-state index contributed by atoms with van der Waals surface area (Å²) in [4.78, 5) is 17.2. The third kappa shape index (κ3) is 4.24. The summed E-state index contributed by atoms with van der Waals surface area (Å²) in [5, 5.41) is 3.47. The third-order valence-electron chi connectivity index (χ3n) is 3.54. The standard InChI is InChI=1S/C20H18N2OS/c1-15-10-12-17(13-11-15)22-20(23)19(16-7-3-2-4-8-16)24-18-9-5-6-14-21-18/h2-14,19H,1H3,(H,22,23)/t19-/m1/s1. The monoisotopic (exact) mass is 334 g/mol. The van der Waals surface area contributed by atoms with Gasteiger partial charge in [0.05, 0.1) is 5.03 Å². The molecule has 120 valence electrons. The minimum atomic E-state index is -0.359. The first kappa shape index (κ1) is 16.3. The van der Waals surface area contributed by atoms with E-state index in [1.54, 1.807) is 6.20 Å². The number of rotatable bonds is 5. The average molecular weight is 334 g/mol. The first-order chi connectivity index (χ1) is 11.7. The van der Waals surface area contributed by atoms with E-state index in [4.69, 9.17) is 0 Å². The van der Waals surface area contributed by atoms with Gasteiger partial charge in [-0.3, -0.25) is 4.79 Å². The molecule has 0 radical (unpaired) electrons. The molecule has 0 fully saturated rings. The highest BCUT2D eigenvalue weighted by molar-refractivity contribution is 8.00. The van der Waals surface area contributed by atoms with Crippen molar-refractivity contribution in [1.29, 1.82) is 0 Å². The van der Waals surface area contributed by atoms with Crippen LogP contribution in [-0.2, 0) is 4.79 Å². The number of benzene rings is 2. The molecule has 0 spiro atoms. The van der Waals surface area contributed by atoms with E-state index in [0.29, 0.717) is 0 Å². The van der Waals surface area contributed by atoms with Crippen molar-refractivity contribution >= 4 is 23.4 Å². The molecule has 1 aromatic heterocycles. The van der Waals surface area contributed by atoms with Crippen molar-refractivity contribution in [3.8, 4) is 0 Å². The fourth-order valence-corrected chi connectivity index (χ4v) is 3.26. The second-order valence-corrected chi connectivity index (χ2v) is 6.56. The van der Waals surface area contributed by atoms with E-state index in [1.807, 2.05) is 79.7 Å². The van der Waals surface area contributed by atoms with Crippen molar-refractivity contribution in [1.82, 2.24) is 4.98 Å². The Balaban J connectivity index is 1.83. The summed E-state index contributed by atoms with van der Waals surface area (Å²) in [7, 11) is 0. The number of pyridine rings is 1. The molecule has 0 aliphatic rings. The number of aromatic nitrogens is 1. The molecule has 3 aromatic rings. The number of aryl methyl sites for hydroxylation is 1. The van der Waals surface area contributed by atoms with Gasteiger partial charge in [0.1, 0.15) is 5.25 Å². The average Bonchev–Trinajstić information content (AvgIpc) is 2.63. The fraction of sp³-hybridized carbons (Fsp3) is 0.100. The molecule has 1 amide bonds. The quantitative estimate of drug-likeness (QED) is 0.677. The van der Waals surface area contributed by atoms with Gasteiger partial charge in [-0.15, -0.1) is 0 Å². The lowest BCUT2D eigenvalue weighted by Gasteiger charge is -2.16. The number of hydrogen-bond acceptors (Lipinski definition) is 3. The predicted octanol–water partition coefficient (Wildman–Crippen LogP) is 4.86. The lowest BCUT2D eigenvalue weighted by atomic mass is 10.1. The van der Waals surface area contributed by atoms with Crippen LogP contribution in [0.1, 0.15) is 16.4 Å². The van der Waals surface area contributed by atoms with Gasteiger partial charge in [0, 0.05) is 11.9 Å². The molecule has 0 saturated carbocycles. The topological polar surface area (TPSA) is 42.0 Å². The van der Waals surface area contributed by atoms with Crippen LogP contribution in [0.4, 0.5) is 5.69 Å². The van der Waals surface area contributed by atoms with Crippen molar-refractivity contribution in [2.24, 2.45) is 0 Å². The third-order valence-corrected chi connectivity index (χ3v) is 4.74. The van der Waals surface area contributed by atoms with Gasteiger partial charge in [0.2, 0.25) is 5.91 Å². The van der Waals surface area contributed by atoms with Gasteiger partial charge in [0.25, 0.3) is 0 Å². The second-order valence-electron chi connectivity index (χ2n) is 5.43. The van der Waals surface area contributed by atoms with E-state index < -0.39 is 0 Å². The number of carbonyl (C=O) groups excluding carboxylic acids is 1. The Morgan fingerprint density at radius 3 is 2.33 bits per heavy atom. The number of nitrogens with one attached hydrogen (secondary N) is 1. The molecule has 0 bridgehead atoms. The van der Waals surface area contributed by atoms with Crippen molar-refractivity contribution in [3.63, 3.8) is 0 Å². The van der Waals surface area contributed by atoms with E-state index in [9.17, 15) is 4.79 Å². The maximum absolute atomic E-state index is 12.8. The predicted molar refractivity (Wildman–Crippen MR) is 99.1 cm³/mol. The molecule has 0 aliphatic carbocycles. The zero-order valence-corrected chi connectivity index (χ0v) is 14.2. The van der Waals surface area contributed by atoms with E-state index in [2.05, 4.69) is 10.3 Å². The summed E-state index contributed by atoms with van der Waals surface area (Å²) in [6, 6.07) is 23.3. The van der Waals surface area contributed by atoms with Gasteiger partial charge >= 0.3 is 0 Å². The molecule has 0 saturated heterocycles. The Morgan fingerprint density at radius 1 is 0.958 bits per heavy atom. The number of carbonyl (C=O) groups is 1. The van der Waals surface area contributed by atoms with Gasteiger partial charge in [-0.05, 0) is 36.8 Å². The van der Waals surface area contributed by atoms with Crippen LogP contribution in [0.25, 0.3) is 0 Å². The molecule has 1 atom stereocenters. The van der Waals surface area contributed by atoms with Crippen LogP contribution < -0.4 is 5.32 Å². The number of amides is 1. The van der Waals surface area contributed by atoms with Gasteiger partial charge in [-0.2, -0.15) is 0 Å². The molecule has 24 heavy (non-hydrogen) atoms. The first-order valence-corrected chi connectivity index (χ1v) is 8.60. The van der Waals surface area contributed by atoms with Crippen LogP contribution in [0.2, 0.25) is 0 Å². The first-order valence-electron chi connectivity index (χ1n) is 7.72. The SMILES string of the molecule is Cc1ccc(NC(=O)[C@H](Sc2ccccn2)c2ccccc2)cc1. The zero-order valence-electron chi connectivity index (χ0n) is 13.3. The lowest BCUT2D eigenvalue weighted by molar-refractivity contribution is -0.115. The molecule has 1 N–H and O–H groups in total. The minimum absolute atomic E-state index is 0.0549. The summed E-state index contributed by atoms with van der Waals surface area (Å²) in [6.07, 6.45) is 1.74. The summed E-state index contributed by atoms with van der Waals surface area (Å²) in [5.74, 6) is -0.0549. The number of hydrogen-bond donors (Lipinski definition) is 1. The number of thioether (sulfide) groups is 1. The smallest absolute Gasteiger partial charge is 0.242 e. The highest BCUT2D eigenvalue weighted by Crippen LogP contribution is 2.35. The van der Waals surface area contributed by atoms with Crippen LogP contribution in [0.3, 0.4) is 0 Å². The normalized spacial score (nSPS) is 11.7. The maximum atomic E-state index is 12.8. The van der Waals surface area contributed by atoms with Crippen molar-refractivity contribution in [2.75, 3.05) is 5.32 Å². The largest absolute Gasteiger partial charge is 0.325 e. The van der Waals surface area contributed by atoms with E-state index in [1.165, 1.54) is 11.8 Å². The highest BCUT2D eigenvalue weighted by atomic mass is 32.2. The summed E-state index contributed by atoms with van der Waals surface area (Å²) in [6.45, 7) is 2.02. The molecule has 2 aromatic carbocycles. The van der Waals surface area contributed by atoms with Gasteiger partial charge in [-0.25, -0.2) is 4.98 Å². The van der Waals surface area contributed by atoms with Gasteiger partial charge < -0.3 is 5.32 Å². The molecular formula is C20H18N2OS. The maximum Gasteiger partial charge on any atom is 0.242 e. The Kier molecular flexibility index (Phi) is 5.29. The van der Waals surface area contributed by atoms with Crippen LogP contribution in [0, 0.1) is 6.92 Å². The number of nitrogens with zero attached hydrogens (tertiary/aromatic N) is 1. The highest BCUT2D eigenvalue weighted by Gasteiger charge is 2.22. The van der Waals surface area contributed by atoms with E-state index in [0.717, 1.165) is 21.8 Å². The van der Waals surface area contributed by atoms with E-state index in [-0.39, 0.29) is 11.2 Å². The molecular weight excluding hydrogens is 316 g/mol. The molecule has 3 nitrogen and oxygen atoms in total. The molecule has 4 heteroatoms. The van der Waals surface area contributed by atoms with Crippen LogP contribution in [0.15, 0.2) is 84.0 Å². The molecule has 0 unspecified atom stereocenters. The van der Waals surface area contributed by atoms with Crippen LogP contribution >= 0.6 is 11.8 Å².